The van der Waals surface area contributed by atoms with Crippen LogP contribution in [0.1, 0.15) is 46.0 Å². The minimum atomic E-state index is -1.63. The number of esters is 1. The summed E-state index contributed by atoms with van der Waals surface area (Å²) in [6, 6.07) is 0. The smallest absolute Gasteiger partial charge is 0.337 e. The summed E-state index contributed by atoms with van der Waals surface area (Å²) in [6.07, 6.45) is 5.82. The third kappa shape index (κ3) is 2.37. The minimum absolute atomic E-state index is 0.00231. The highest BCUT2D eigenvalue weighted by Gasteiger charge is 2.68. The molecule has 0 aromatic carbocycles. The van der Waals surface area contributed by atoms with E-state index in [2.05, 4.69) is 11.7 Å². The maximum absolute atomic E-state index is 12.0. The number of hydrogen-bond donors (Lipinski definition) is 3. The number of hydrogen-bond acceptors (Lipinski definition) is 6. The molecule has 0 aliphatic heterocycles. The Hall–Kier alpha value is -1.50. The summed E-state index contributed by atoms with van der Waals surface area (Å²) in [5.74, 6) is -0.664. The lowest BCUT2D eigenvalue weighted by atomic mass is 9.46. The molecule has 4 aliphatic carbocycles. The molecule has 0 heterocycles. The lowest BCUT2D eigenvalue weighted by Gasteiger charge is -2.60. The van der Waals surface area contributed by atoms with Gasteiger partial charge in [-0.1, -0.05) is 25.5 Å². The molecule has 3 saturated carbocycles. The third-order valence-corrected chi connectivity index (χ3v) is 8.59. The highest BCUT2D eigenvalue weighted by Crippen LogP contribution is 2.67. The van der Waals surface area contributed by atoms with Crippen molar-refractivity contribution in [1.82, 2.24) is 0 Å². The number of fused-ring (bicyclic) bond motifs is 5. The van der Waals surface area contributed by atoms with E-state index in [-0.39, 0.29) is 29.0 Å². The van der Waals surface area contributed by atoms with E-state index in [0.29, 0.717) is 19.3 Å². The van der Waals surface area contributed by atoms with Gasteiger partial charge in [-0.15, -0.1) is 0 Å². The van der Waals surface area contributed by atoms with Crippen LogP contribution in [0.25, 0.3) is 0 Å². The van der Waals surface area contributed by atoms with Crippen LogP contribution in [-0.2, 0) is 14.3 Å². The molecule has 3 N–H and O–H groups in total. The van der Waals surface area contributed by atoms with Crippen molar-refractivity contribution in [3.63, 3.8) is 0 Å². The van der Waals surface area contributed by atoms with Gasteiger partial charge in [-0.3, -0.25) is 4.79 Å². The van der Waals surface area contributed by atoms with Crippen LogP contribution in [0.3, 0.4) is 0 Å². The van der Waals surface area contributed by atoms with Crippen molar-refractivity contribution in [1.29, 1.82) is 0 Å². The molecule has 0 radical (unpaired) electrons. The summed E-state index contributed by atoms with van der Waals surface area (Å²) >= 11 is 0. The van der Waals surface area contributed by atoms with E-state index in [1.165, 1.54) is 7.11 Å². The fourth-order valence-corrected chi connectivity index (χ4v) is 7.12. The molecule has 154 valence electrons. The number of carbonyl (C=O) groups is 2. The molecule has 3 fully saturated rings. The first-order valence-corrected chi connectivity index (χ1v) is 10.2. The van der Waals surface area contributed by atoms with E-state index in [0.717, 1.165) is 18.4 Å². The molecule has 0 unspecified atom stereocenters. The van der Waals surface area contributed by atoms with Crippen molar-refractivity contribution in [3.05, 3.63) is 23.8 Å². The first-order valence-electron chi connectivity index (χ1n) is 10.2. The second-order valence-corrected chi connectivity index (χ2v) is 9.60. The Balaban J connectivity index is 1.72. The predicted molar refractivity (Wildman–Crippen MR) is 101 cm³/mol. The quantitative estimate of drug-likeness (QED) is 0.618. The average molecular weight is 390 g/mol. The number of ketones is 1. The zero-order valence-electron chi connectivity index (χ0n) is 16.7. The molecule has 0 aromatic heterocycles. The van der Waals surface area contributed by atoms with Gasteiger partial charge in [0.05, 0.1) is 13.2 Å². The number of allylic oxidation sites excluding steroid dienone is 4. The highest BCUT2D eigenvalue weighted by molar-refractivity contribution is 6.01. The fourth-order valence-electron chi connectivity index (χ4n) is 7.12. The standard InChI is InChI=1S/C22H30O6/c1-20-8-6-13(23)10-12(20)4-5-14-15-7-9-22(27,18(25)19(26)28-3)21(15,2)11-16(24)17(14)20/h6,8,10,14-18,24-25,27H,4-5,7,9,11H2,1-3H3/t14-,15-,16-,17+,18-,20-,21-,22-/m0/s1. The van der Waals surface area contributed by atoms with Crippen LogP contribution in [-0.4, -0.2) is 52.0 Å². The summed E-state index contributed by atoms with van der Waals surface area (Å²) in [5, 5.41) is 33.2. The molecule has 0 spiro atoms. The van der Waals surface area contributed by atoms with Crippen molar-refractivity contribution in [2.45, 2.75) is 63.8 Å². The van der Waals surface area contributed by atoms with Crippen LogP contribution in [0.5, 0.6) is 0 Å². The number of aliphatic hydroxyl groups is 3. The van der Waals surface area contributed by atoms with Gasteiger partial charge in [0.1, 0.15) is 5.60 Å². The Morgan fingerprint density at radius 1 is 1.32 bits per heavy atom. The van der Waals surface area contributed by atoms with E-state index in [1.807, 2.05) is 13.0 Å². The van der Waals surface area contributed by atoms with Gasteiger partial charge in [0.15, 0.2) is 11.9 Å². The van der Waals surface area contributed by atoms with E-state index in [1.54, 1.807) is 12.2 Å². The molecule has 8 atom stereocenters. The van der Waals surface area contributed by atoms with E-state index in [4.69, 9.17) is 0 Å². The maximum atomic E-state index is 12.0. The molecular formula is C22H30O6. The second-order valence-electron chi connectivity index (χ2n) is 9.60. The molecule has 4 rings (SSSR count). The topological polar surface area (TPSA) is 104 Å². The summed E-state index contributed by atoms with van der Waals surface area (Å²) in [5.41, 5.74) is -1.70. The Kier molecular flexibility index (Phi) is 4.42. The number of aliphatic hydroxyl groups excluding tert-OH is 2. The molecule has 6 nitrogen and oxygen atoms in total. The van der Waals surface area contributed by atoms with Gasteiger partial charge in [0.2, 0.25) is 0 Å². The number of carbonyl (C=O) groups excluding carboxylic acids is 2. The second kappa shape index (κ2) is 6.25. The van der Waals surface area contributed by atoms with E-state index < -0.39 is 29.2 Å². The first kappa shape index (κ1) is 19.8. The first-order chi connectivity index (χ1) is 13.1. The zero-order valence-corrected chi connectivity index (χ0v) is 16.7. The molecule has 0 saturated heterocycles. The van der Waals surface area contributed by atoms with Crippen LogP contribution in [0, 0.1) is 28.6 Å². The Morgan fingerprint density at radius 2 is 2.04 bits per heavy atom. The van der Waals surface area contributed by atoms with Gasteiger partial charge in [-0.05, 0) is 56.1 Å². The normalized spacial score (nSPS) is 48.2. The number of ether oxygens (including phenoxy) is 1. The fraction of sp³-hybridized carbons (Fsp3) is 0.727. The molecule has 4 aliphatic rings. The van der Waals surface area contributed by atoms with Gasteiger partial charge < -0.3 is 20.1 Å². The average Bonchev–Trinajstić information content (AvgIpc) is 2.92. The Bertz CT molecular complexity index is 771. The number of rotatable bonds is 2. The summed E-state index contributed by atoms with van der Waals surface area (Å²) in [7, 11) is 1.20. The largest absolute Gasteiger partial charge is 0.467 e. The van der Waals surface area contributed by atoms with Crippen molar-refractivity contribution in [3.8, 4) is 0 Å². The van der Waals surface area contributed by atoms with E-state index >= 15 is 0 Å². The SMILES string of the molecule is COC(=O)[C@H](O)[C@@]1(O)CC[C@H]2[C@@H]3CCC4=CC(=O)C=C[C@]4(C)[C@H]3[C@@H](O)C[C@@]21C. The molecule has 0 bridgehead atoms. The third-order valence-electron chi connectivity index (χ3n) is 8.59. The Labute approximate surface area is 165 Å². The molecule has 0 amide bonds. The van der Waals surface area contributed by atoms with Gasteiger partial charge in [0.25, 0.3) is 0 Å². The van der Waals surface area contributed by atoms with Crippen LogP contribution in [0.2, 0.25) is 0 Å². The molecule has 28 heavy (non-hydrogen) atoms. The van der Waals surface area contributed by atoms with E-state index in [9.17, 15) is 24.9 Å². The minimum Gasteiger partial charge on any atom is -0.467 e. The van der Waals surface area contributed by atoms with Gasteiger partial charge in [-0.25, -0.2) is 4.79 Å². The zero-order chi connectivity index (χ0) is 20.5. The number of methoxy groups -OCH3 is 1. The molecule has 0 aromatic rings. The van der Waals surface area contributed by atoms with Gasteiger partial charge in [0, 0.05) is 16.7 Å². The lowest BCUT2D eigenvalue weighted by molar-refractivity contribution is -0.209. The van der Waals surface area contributed by atoms with Crippen molar-refractivity contribution in [2.75, 3.05) is 7.11 Å². The van der Waals surface area contributed by atoms with Gasteiger partial charge >= 0.3 is 5.97 Å². The van der Waals surface area contributed by atoms with Crippen LogP contribution < -0.4 is 0 Å². The summed E-state index contributed by atoms with van der Waals surface area (Å²) < 4.78 is 4.68. The van der Waals surface area contributed by atoms with Crippen LogP contribution in [0.15, 0.2) is 23.8 Å². The van der Waals surface area contributed by atoms with Crippen LogP contribution >= 0.6 is 0 Å². The van der Waals surface area contributed by atoms with Crippen LogP contribution in [0.4, 0.5) is 0 Å². The van der Waals surface area contributed by atoms with Crippen molar-refractivity contribution < 1.29 is 29.6 Å². The van der Waals surface area contributed by atoms with Crippen molar-refractivity contribution in [2.24, 2.45) is 28.6 Å². The Morgan fingerprint density at radius 3 is 2.71 bits per heavy atom. The molecular weight excluding hydrogens is 360 g/mol. The lowest BCUT2D eigenvalue weighted by Crippen LogP contribution is -2.63. The van der Waals surface area contributed by atoms with Gasteiger partial charge in [-0.2, -0.15) is 0 Å². The van der Waals surface area contributed by atoms with Crippen molar-refractivity contribution >= 4 is 11.8 Å². The summed E-state index contributed by atoms with van der Waals surface area (Å²) in [4.78, 5) is 23.9. The summed E-state index contributed by atoms with van der Waals surface area (Å²) in [6.45, 7) is 3.99. The predicted octanol–water partition coefficient (Wildman–Crippen LogP) is 1.53. The maximum Gasteiger partial charge on any atom is 0.337 e. The highest BCUT2D eigenvalue weighted by atomic mass is 16.5. The monoisotopic (exact) mass is 390 g/mol. The molecule has 6 heteroatoms.